The number of aryl methyl sites for hydroxylation is 1. The van der Waals surface area contributed by atoms with Gasteiger partial charge in [-0.25, -0.2) is 4.79 Å². The van der Waals surface area contributed by atoms with Crippen molar-refractivity contribution in [2.24, 2.45) is 0 Å². The Labute approximate surface area is 170 Å². The molecule has 2 N–H and O–H groups in total. The van der Waals surface area contributed by atoms with Gasteiger partial charge in [0, 0.05) is 37.4 Å². The van der Waals surface area contributed by atoms with Crippen molar-refractivity contribution in [2.75, 3.05) is 31.5 Å². The van der Waals surface area contributed by atoms with Gasteiger partial charge in [0.25, 0.3) is 5.91 Å². The van der Waals surface area contributed by atoms with Crippen molar-refractivity contribution in [3.8, 4) is 0 Å². The van der Waals surface area contributed by atoms with E-state index < -0.39 is 6.04 Å². The Balaban J connectivity index is 1.48. The maximum atomic E-state index is 12.7. The third-order valence-electron chi connectivity index (χ3n) is 4.90. The van der Waals surface area contributed by atoms with Crippen LogP contribution in [0.2, 0.25) is 0 Å². The number of nitrogens with one attached hydrogen (secondary N) is 2. The van der Waals surface area contributed by atoms with Gasteiger partial charge in [0.1, 0.15) is 6.04 Å². The molecule has 2 aromatic carbocycles. The van der Waals surface area contributed by atoms with Gasteiger partial charge in [0.05, 0.1) is 0 Å². The van der Waals surface area contributed by atoms with E-state index in [1.54, 1.807) is 41.0 Å². The average Bonchev–Trinajstić information content (AvgIpc) is 2.74. The molecule has 7 heteroatoms. The number of carbonyl (C=O) groups is 3. The van der Waals surface area contributed by atoms with E-state index in [1.165, 1.54) is 0 Å². The van der Waals surface area contributed by atoms with E-state index in [9.17, 15) is 14.4 Å². The summed E-state index contributed by atoms with van der Waals surface area (Å²) in [6.45, 7) is 5.42. The van der Waals surface area contributed by atoms with E-state index in [0.717, 1.165) is 11.3 Å². The van der Waals surface area contributed by atoms with E-state index in [4.69, 9.17) is 0 Å². The van der Waals surface area contributed by atoms with E-state index in [0.29, 0.717) is 31.7 Å². The lowest BCUT2D eigenvalue weighted by atomic mass is 10.2. The Kier molecular flexibility index (Phi) is 6.49. The Bertz CT molecular complexity index is 877. The Morgan fingerprint density at radius 1 is 0.897 bits per heavy atom. The van der Waals surface area contributed by atoms with Crippen LogP contribution in [0.15, 0.2) is 54.6 Å². The molecule has 1 unspecified atom stereocenters. The maximum absolute atomic E-state index is 12.7. The van der Waals surface area contributed by atoms with Crippen molar-refractivity contribution in [1.29, 1.82) is 0 Å². The summed E-state index contributed by atoms with van der Waals surface area (Å²) < 4.78 is 0. The van der Waals surface area contributed by atoms with Crippen molar-refractivity contribution in [3.05, 3.63) is 65.7 Å². The number of anilines is 1. The second-order valence-corrected chi connectivity index (χ2v) is 7.17. The molecule has 7 nitrogen and oxygen atoms in total. The highest BCUT2D eigenvalue weighted by Gasteiger charge is 2.27. The number of carbonyl (C=O) groups excluding carboxylic acids is 3. The lowest BCUT2D eigenvalue weighted by Gasteiger charge is -2.36. The van der Waals surface area contributed by atoms with Crippen LogP contribution < -0.4 is 10.6 Å². The van der Waals surface area contributed by atoms with Crippen molar-refractivity contribution < 1.29 is 14.4 Å². The minimum absolute atomic E-state index is 0.145. The molecule has 0 bridgehead atoms. The molecule has 3 rings (SSSR count). The van der Waals surface area contributed by atoms with Crippen LogP contribution in [0.4, 0.5) is 10.5 Å². The molecule has 1 aliphatic rings. The third kappa shape index (κ3) is 5.34. The minimum Gasteiger partial charge on any atom is -0.341 e. The number of benzene rings is 2. The molecular formula is C22H26N4O3. The summed E-state index contributed by atoms with van der Waals surface area (Å²) in [5, 5.41) is 5.63. The summed E-state index contributed by atoms with van der Waals surface area (Å²) in [4.78, 5) is 40.7. The van der Waals surface area contributed by atoms with E-state index >= 15 is 0 Å². The fourth-order valence-electron chi connectivity index (χ4n) is 3.26. The second-order valence-electron chi connectivity index (χ2n) is 7.17. The highest BCUT2D eigenvalue weighted by molar-refractivity contribution is 5.97. The number of amides is 4. The molecule has 2 aromatic rings. The van der Waals surface area contributed by atoms with Gasteiger partial charge in [-0.2, -0.15) is 0 Å². The van der Waals surface area contributed by atoms with Crippen molar-refractivity contribution in [3.63, 3.8) is 0 Å². The summed E-state index contributed by atoms with van der Waals surface area (Å²) >= 11 is 0. The van der Waals surface area contributed by atoms with Crippen LogP contribution in [0.1, 0.15) is 22.8 Å². The van der Waals surface area contributed by atoms with Crippen molar-refractivity contribution in [2.45, 2.75) is 19.9 Å². The van der Waals surface area contributed by atoms with Crippen LogP contribution in [0.25, 0.3) is 0 Å². The van der Waals surface area contributed by atoms with Crippen molar-refractivity contribution >= 4 is 23.5 Å². The number of nitrogens with zero attached hydrogens (tertiary/aromatic N) is 2. The quantitative estimate of drug-likeness (QED) is 0.836. The zero-order chi connectivity index (χ0) is 20.8. The molecule has 0 radical (unpaired) electrons. The molecule has 1 saturated heterocycles. The summed E-state index contributed by atoms with van der Waals surface area (Å²) in [5.74, 6) is -0.421. The number of hydrogen-bond acceptors (Lipinski definition) is 3. The SMILES string of the molecule is Cc1cccc(NC(=O)N2CCN(C(=O)C(C)NC(=O)c3ccccc3)CC2)c1. The highest BCUT2D eigenvalue weighted by atomic mass is 16.2. The predicted octanol–water partition coefficient (Wildman–Crippen LogP) is 2.49. The topological polar surface area (TPSA) is 81.8 Å². The van der Waals surface area contributed by atoms with Crippen molar-refractivity contribution in [1.82, 2.24) is 15.1 Å². The molecular weight excluding hydrogens is 368 g/mol. The number of hydrogen-bond donors (Lipinski definition) is 2. The van der Waals surface area contributed by atoms with Crippen LogP contribution in [0, 0.1) is 6.92 Å². The smallest absolute Gasteiger partial charge is 0.321 e. The molecule has 0 aromatic heterocycles. The van der Waals surface area contributed by atoms with Crippen LogP contribution >= 0.6 is 0 Å². The van der Waals surface area contributed by atoms with Crippen LogP contribution in [0.5, 0.6) is 0 Å². The molecule has 4 amide bonds. The van der Waals surface area contributed by atoms with E-state index in [1.807, 2.05) is 37.3 Å². The van der Waals surface area contributed by atoms with Crippen LogP contribution in [-0.2, 0) is 4.79 Å². The van der Waals surface area contributed by atoms with Crippen LogP contribution in [-0.4, -0.2) is 59.9 Å². The fraction of sp³-hybridized carbons (Fsp3) is 0.318. The first-order valence-electron chi connectivity index (χ1n) is 9.71. The Morgan fingerprint density at radius 2 is 1.55 bits per heavy atom. The summed E-state index contributed by atoms with van der Waals surface area (Å²) in [5.41, 5.74) is 2.35. The molecule has 0 saturated carbocycles. The predicted molar refractivity (Wildman–Crippen MR) is 112 cm³/mol. The highest BCUT2D eigenvalue weighted by Crippen LogP contribution is 2.12. The lowest BCUT2D eigenvalue weighted by molar-refractivity contribution is -0.134. The van der Waals surface area contributed by atoms with Gasteiger partial charge in [0.2, 0.25) is 5.91 Å². The molecule has 29 heavy (non-hydrogen) atoms. The molecule has 1 heterocycles. The van der Waals surface area contributed by atoms with Crippen LogP contribution in [0.3, 0.4) is 0 Å². The fourth-order valence-corrected chi connectivity index (χ4v) is 3.26. The standard InChI is InChI=1S/C22H26N4O3/c1-16-7-6-10-19(15-16)24-22(29)26-13-11-25(12-14-26)21(28)17(2)23-20(27)18-8-4-3-5-9-18/h3-10,15,17H,11-14H2,1-2H3,(H,23,27)(H,24,29). The maximum Gasteiger partial charge on any atom is 0.321 e. The molecule has 1 aliphatic heterocycles. The number of piperazine rings is 1. The Morgan fingerprint density at radius 3 is 2.21 bits per heavy atom. The van der Waals surface area contributed by atoms with Gasteiger partial charge >= 0.3 is 6.03 Å². The largest absolute Gasteiger partial charge is 0.341 e. The summed E-state index contributed by atoms with van der Waals surface area (Å²) in [6, 6.07) is 15.6. The molecule has 1 atom stereocenters. The van der Waals surface area contributed by atoms with Gasteiger partial charge in [-0.05, 0) is 43.7 Å². The second kappa shape index (κ2) is 9.23. The number of urea groups is 1. The van der Waals surface area contributed by atoms with Gasteiger partial charge in [-0.3, -0.25) is 9.59 Å². The zero-order valence-electron chi connectivity index (χ0n) is 16.7. The summed E-state index contributed by atoms with van der Waals surface area (Å²) in [7, 11) is 0. The molecule has 152 valence electrons. The van der Waals surface area contributed by atoms with E-state index in [2.05, 4.69) is 10.6 Å². The van der Waals surface area contributed by atoms with Gasteiger partial charge < -0.3 is 20.4 Å². The summed E-state index contributed by atoms with van der Waals surface area (Å²) in [6.07, 6.45) is 0. The monoisotopic (exact) mass is 394 g/mol. The zero-order valence-corrected chi connectivity index (χ0v) is 16.7. The average molecular weight is 394 g/mol. The third-order valence-corrected chi connectivity index (χ3v) is 4.90. The van der Waals surface area contributed by atoms with E-state index in [-0.39, 0.29) is 17.8 Å². The lowest BCUT2D eigenvalue weighted by Crippen LogP contribution is -2.55. The number of rotatable bonds is 4. The minimum atomic E-state index is -0.629. The normalized spacial score (nSPS) is 14.8. The first-order chi connectivity index (χ1) is 13.9. The first kappa shape index (κ1) is 20.4. The molecule has 1 fully saturated rings. The molecule has 0 aliphatic carbocycles. The van der Waals surface area contributed by atoms with Gasteiger partial charge in [-0.1, -0.05) is 30.3 Å². The van der Waals surface area contributed by atoms with Gasteiger partial charge in [-0.15, -0.1) is 0 Å². The Hall–Kier alpha value is -3.35. The molecule has 0 spiro atoms. The van der Waals surface area contributed by atoms with Gasteiger partial charge in [0.15, 0.2) is 0 Å². The first-order valence-corrected chi connectivity index (χ1v) is 9.71.